The van der Waals surface area contributed by atoms with E-state index in [0.29, 0.717) is 10.0 Å². The number of rotatable bonds is 8. The second-order valence-corrected chi connectivity index (χ2v) is 10.4. The lowest BCUT2D eigenvalue weighted by Crippen LogP contribution is -2.42. The fourth-order valence-electron chi connectivity index (χ4n) is 5.07. The minimum atomic E-state index is -0.0666. The van der Waals surface area contributed by atoms with Crippen molar-refractivity contribution in [3.8, 4) is 0 Å². The Labute approximate surface area is 217 Å². The molecule has 3 nitrogen and oxygen atoms in total. The van der Waals surface area contributed by atoms with Crippen LogP contribution in [-0.2, 0) is 11.2 Å². The van der Waals surface area contributed by atoms with Gasteiger partial charge in [0.25, 0.3) is 0 Å². The summed E-state index contributed by atoms with van der Waals surface area (Å²) in [6, 6.07) is 25.1. The molecule has 5 heteroatoms. The number of halogens is 2. The van der Waals surface area contributed by atoms with Crippen LogP contribution < -0.4 is 5.32 Å². The standard InChI is InChI=1S/C30H31Cl2NO2/c1-20(28(22-13-17-27(32)18-14-22)19-21-7-15-26(31)16-8-21)33-30(35)25-11-9-24(10-12-25)29(34)23-5-3-2-4-6-23/h2-8,13-18,20,24-25,28H,9-12,19H2,1H3,(H,33,35)/t20-,24-,25-,28+/m1/s1. The normalized spacial score (nSPS) is 19.5. The van der Waals surface area contributed by atoms with Crippen LogP contribution in [0, 0.1) is 11.8 Å². The minimum Gasteiger partial charge on any atom is -0.353 e. The third-order valence-electron chi connectivity index (χ3n) is 7.17. The molecule has 1 amide bonds. The topological polar surface area (TPSA) is 46.2 Å². The molecule has 0 bridgehead atoms. The first-order valence-electron chi connectivity index (χ1n) is 12.3. The maximum absolute atomic E-state index is 13.2. The van der Waals surface area contributed by atoms with Crippen molar-refractivity contribution in [1.82, 2.24) is 5.32 Å². The van der Waals surface area contributed by atoms with Gasteiger partial charge in [0.1, 0.15) is 0 Å². The Kier molecular flexibility index (Phi) is 8.64. The maximum Gasteiger partial charge on any atom is 0.223 e. The summed E-state index contributed by atoms with van der Waals surface area (Å²) in [5, 5.41) is 4.69. The average molecular weight is 508 g/mol. The summed E-state index contributed by atoms with van der Waals surface area (Å²) in [5.41, 5.74) is 3.06. The Morgan fingerprint density at radius 1 is 0.800 bits per heavy atom. The number of hydrogen-bond acceptors (Lipinski definition) is 2. The zero-order valence-corrected chi connectivity index (χ0v) is 21.4. The molecule has 182 valence electrons. The van der Waals surface area contributed by atoms with Crippen molar-refractivity contribution < 1.29 is 9.59 Å². The molecule has 0 heterocycles. The number of hydrogen-bond donors (Lipinski definition) is 1. The van der Waals surface area contributed by atoms with Crippen molar-refractivity contribution in [3.63, 3.8) is 0 Å². The van der Waals surface area contributed by atoms with Gasteiger partial charge in [-0.2, -0.15) is 0 Å². The molecular weight excluding hydrogens is 477 g/mol. The summed E-state index contributed by atoms with van der Waals surface area (Å²) in [4.78, 5) is 26.0. The molecule has 0 saturated heterocycles. The van der Waals surface area contributed by atoms with Crippen molar-refractivity contribution >= 4 is 34.9 Å². The summed E-state index contributed by atoms with van der Waals surface area (Å²) >= 11 is 12.2. The largest absolute Gasteiger partial charge is 0.353 e. The summed E-state index contributed by atoms with van der Waals surface area (Å²) in [5.74, 6) is 0.319. The molecule has 3 aromatic carbocycles. The molecule has 0 aromatic heterocycles. The first-order valence-corrected chi connectivity index (χ1v) is 13.1. The molecule has 1 saturated carbocycles. The molecular formula is C30H31Cl2NO2. The molecule has 35 heavy (non-hydrogen) atoms. The van der Waals surface area contributed by atoms with Crippen molar-refractivity contribution in [1.29, 1.82) is 0 Å². The van der Waals surface area contributed by atoms with Crippen molar-refractivity contribution in [3.05, 3.63) is 106 Å². The molecule has 3 aromatic rings. The highest BCUT2D eigenvalue weighted by Crippen LogP contribution is 2.32. The zero-order chi connectivity index (χ0) is 24.8. The quantitative estimate of drug-likeness (QED) is 0.320. The maximum atomic E-state index is 13.2. The van der Waals surface area contributed by atoms with Gasteiger partial charge in [0, 0.05) is 39.4 Å². The van der Waals surface area contributed by atoms with E-state index in [-0.39, 0.29) is 35.5 Å². The first kappa shape index (κ1) is 25.5. The predicted molar refractivity (Wildman–Crippen MR) is 143 cm³/mol. The monoisotopic (exact) mass is 507 g/mol. The van der Waals surface area contributed by atoms with E-state index in [0.717, 1.165) is 48.8 Å². The highest BCUT2D eigenvalue weighted by atomic mass is 35.5. The highest BCUT2D eigenvalue weighted by molar-refractivity contribution is 6.30. The molecule has 1 fully saturated rings. The summed E-state index contributed by atoms with van der Waals surface area (Å²) in [6.45, 7) is 2.07. The van der Waals surface area contributed by atoms with Gasteiger partial charge in [0.15, 0.2) is 5.78 Å². The van der Waals surface area contributed by atoms with Crippen LogP contribution in [0.15, 0.2) is 78.9 Å². The van der Waals surface area contributed by atoms with Gasteiger partial charge in [-0.05, 0) is 74.4 Å². The SMILES string of the molecule is C[C@@H](NC(=O)[C@H]1CC[C@H](C(=O)c2ccccc2)CC1)[C@H](Cc1ccc(Cl)cc1)c1ccc(Cl)cc1. The highest BCUT2D eigenvalue weighted by Gasteiger charge is 2.32. The van der Waals surface area contributed by atoms with E-state index in [9.17, 15) is 9.59 Å². The van der Waals surface area contributed by atoms with Crippen LogP contribution in [0.4, 0.5) is 0 Å². The van der Waals surface area contributed by atoms with Crippen LogP contribution in [0.1, 0.15) is 60.0 Å². The molecule has 4 rings (SSSR count). The van der Waals surface area contributed by atoms with E-state index in [4.69, 9.17) is 23.2 Å². The Bertz CT molecular complexity index is 1120. The van der Waals surface area contributed by atoms with E-state index in [1.807, 2.05) is 78.9 Å². The van der Waals surface area contributed by atoms with Crippen LogP contribution >= 0.6 is 23.2 Å². The van der Waals surface area contributed by atoms with Gasteiger partial charge in [-0.1, -0.05) is 77.8 Å². The lowest BCUT2D eigenvalue weighted by Gasteiger charge is -2.30. The van der Waals surface area contributed by atoms with E-state index in [1.54, 1.807) is 0 Å². The van der Waals surface area contributed by atoms with Gasteiger partial charge in [-0.15, -0.1) is 0 Å². The molecule has 1 aliphatic rings. The third kappa shape index (κ3) is 6.74. The van der Waals surface area contributed by atoms with E-state index in [2.05, 4.69) is 12.2 Å². The van der Waals surface area contributed by atoms with E-state index < -0.39 is 0 Å². The summed E-state index contributed by atoms with van der Waals surface area (Å²) in [7, 11) is 0. The van der Waals surface area contributed by atoms with Gasteiger partial charge >= 0.3 is 0 Å². The third-order valence-corrected chi connectivity index (χ3v) is 7.67. The number of amides is 1. The van der Waals surface area contributed by atoms with Crippen LogP contribution in [0.2, 0.25) is 10.0 Å². The van der Waals surface area contributed by atoms with Crippen molar-refractivity contribution in [2.45, 2.75) is 51.0 Å². The van der Waals surface area contributed by atoms with Gasteiger partial charge in [-0.3, -0.25) is 9.59 Å². The summed E-state index contributed by atoms with van der Waals surface area (Å²) in [6.07, 6.45) is 3.77. The lowest BCUT2D eigenvalue weighted by molar-refractivity contribution is -0.126. The van der Waals surface area contributed by atoms with Crippen LogP contribution in [0.3, 0.4) is 0 Å². The number of Topliss-reactive ketones (excluding diaryl/α,β-unsaturated/α-hetero) is 1. The predicted octanol–water partition coefficient (Wildman–Crippen LogP) is 7.51. The fraction of sp³-hybridized carbons (Fsp3) is 0.333. The van der Waals surface area contributed by atoms with Gasteiger partial charge in [0.05, 0.1) is 0 Å². The fourth-order valence-corrected chi connectivity index (χ4v) is 5.32. The Hall–Kier alpha value is -2.62. The Morgan fingerprint density at radius 2 is 1.34 bits per heavy atom. The van der Waals surface area contributed by atoms with Crippen molar-refractivity contribution in [2.75, 3.05) is 0 Å². The second kappa shape index (κ2) is 11.9. The first-order chi connectivity index (χ1) is 16.9. The molecule has 0 unspecified atom stereocenters. The van der Waals surface area contributed by atoms with E-state index in [1.165, 1.54) is 0 Å². The molecule has 0 spiro atoms. The Morgan fingerprint density at radius 3 is 1.94 bits per heavy atom. The lowest BCUT2D eigenvalue weighted by atomic mass is 9.78. The zero-order valence-electron chi connectivity index (χ0n) is 19.9. The average Bonchev–Trinajstić information content (AvgIpc) is 2.89. The van der Waals surface area contributed by atoms with Crippen LogP contribution in [0.5, 0.6) is 0 Å². The molecule has 2 atom stereocenters. The number of ketones is 1. The molecule has 1 N–H and O–H groups in total. The van der Waals surface area contributed by atoms with E-state index >= 15 is 0 Å². The Balaban J connectivity index is 1.39. The van der Waals surface area contributed by atoms with Crippen LogP contribution in [-0.4, -0.2) is 17.7 Å². The molecule has 1 aliphatic carbocycles. The summed E-state index contributed by atoms with van der Waals surface area (Å²) < 4.78 is 0. The number of benzene rings is 3. The number of carbonyl (C=O) groups is 2. The minimum absolute atomic E-state index is 0.00518. The van der Waals surface area contributed by atoms with Crippen molar-refractivity contribution in [2.24, 2.45) is 11.8 Å². The number of nitrogens with one attached hydrogen (secondary N) is 1. The van der Waals surface area contributed by atoms with Gasteiger partial charge in [0.2, 0.25) is 5.91 Å². The number of carbonyl (C=O) groups excluding carboxylic acids is 2. The second-order valence-electron chi connectivity index (χ2n) is 9.56. The smallest absolute Gasteiger partial charge is 0.223 e. The molecule has 0 radical (unpaired) electrons. The van der Waals surface area contributed by atoms with Gasteiger partial charge in [-0.25, -0.2) is 0 Å². The van der Waals surface area contributed by atoms with Gasteiger partial charge < -0.3 is 5.32 Å². The van der Waals surface area contributed by atoms with Crippen LogP contribution in [0.25, 0.3) is 0 Å². The molecule has 0 aliphatic heterocycles.